The van der Waals surface area contributed by atoms with Crippen LogP contribution in [0.5, 0.6) is 0 Å². The zero-order valence-corrected chi connectivity index (χ0v) is 18.9. The highest BCUT2D eigenvalue weighted by Gasteiger charge is 2.46. The van der Waals surface area contributed by atoms with Crippen molar-refractivity contribution in [2.45, 2.75) is 31.7 Å². The Balaban J connectivity index is 1.39. The van der Waals surface area contributed by atoms with Gasteiger partial charge in [-0.15, -0.1) is 0 Å². The summed E-state index contributed by atoms with van der Waals surface area (Å²) in [5.74, 6) is -0.332. The number of aryl methyl sites for hydroxylation is 1. The average Bonchev–Trinajstić information content (AvgIpc) is 3.08. The summed E-state index contributed by atoms with van der Waals surface area (Å²) in [7, 11) is 0. The quantitative estimate of drug-likeness (QED) is 0.492. The van der Waals surface area contributed by atoms with E-state index in [0.29, 0.717) is 17.1 Å². The summed E-state index contributed by atoms with van der Waals surface area (Å²) >= 11 is 6.13. The predicted octanol–water partition coefficient (Wildman–Crippen LogP) is 5.98. The Morgan fingerprint density at radius 1 is 1.03 bits per heavy atom. The van der Waals surface area contributed by atoms with Crippen molar-refractivity contribution >= 4 is 23.2 Å². The molecular weight excluding hydrogens is 423 g/mol. The maximum atomic E-state index is 14.3. The Morgan fingerprint density at radius 3 is 2.56 bits per heavy atom. The molecule has 2 heterocycles. The molecule has 3 nitrogen and oxygen atoms in total. The van der Waals surface area contributed by atoms with E-state index in [9.17, 15) is 9.18 Å². The second-order valence-corrected chi connectivity index (χ2v) is 9.55. The summed E-state index contributed by atoms with van der Waals surface area (Å²) in [4.78, 5) is 17.6. The van der Waals surface area contributed by atoms with Crippen LogP contribution >= 0.6 is 11.6 Å². The summed E-state index contributed by atoms with van der Waals surface area (Å²) in [5, 5.41) is 0.536. The number of likely N-dealkylation sites (tertiary alicyclic amines) is 1. The molecule has 2 aliphatic rings. The standard InChI is InChI=1S/C27H26ClFN2O/c1-19-4-2-5-20(14-19)17-30-12-10-27(11-13-30)18-31(25-9-8-23(29)16-24(25)27)26(32)21-6-3-7-22(28)15-21/h2-9,14-16H,10-13,17-18H2,1H3. The molecule has 0 N–H and O–H groups in total. The topological polar surface area (TPSA) is 23.6 Å². The number of benzene rings is 3. The average molecular weight is 449 g/mol. The molecule has 164 valence electrons. The van der Waals surface area contributed by atoms with Crippen LogP contribution in [0.2, 0.25) is 5.02 Å². The molecule has 0 radical (unpaired) electrons. The van der Waals surface area contributed by atoms with E-state index in [0.717, 1.165) is 43.7 Å². The van der Waals surface area contributed by atoms with Crippen LogP contribution in [-0.4, -0.2) is 30.4 Å². The Hall–Kier alpha value is -2.69. The lowest BCUT2D eigenvalue weighted by atomic mass is 9.74. The molecule has 0 bridgehead atoms. The zero-order valence-electron chi connectivity index (χ0n) is 18.2. The van der Waals surface area contributed by atoms with E-state index in [1.807, 2.05) is 4.90 Å². The summed E-state index contributed by atoms with van der Waals surface area (Å²) in [6.07, 6.45) is 1.79. The molecule has 0 unspecified atom stereocenters. The summed E-state index contributed by atoms with van der Waals surface area (Å²) in [6, 6.07) is 20.5. The monoisotopic (exact) mass is 448 g/mol. The predicted molar refractivity (Wildman–Crippen MR) is 127 cm³/mol. The lowest BCUT2D eigenvalue weighted by Crippen LogP contribution is -2.45. The van der Waals surface area contributed by atoms with E-state index in [4.69, 9.17) is 11.6 Å². The van der Waals surface area contributed by atoms with Gasteiger partial charge in [0.25, 0.3) is 5.91 Å². The normalized spacial score (nSPS) is 17.5. The van der Waals surface area contributed by atoms with Crippen molar-refractivity contribution in [3.05, 3.63) is 99.8 Å². The third-order valence-electron chi connectivity index (χ3n) is 6.90. The molecule has 2 aliphatic heterocycles. The van der Waals surface area contributed by atoms with Crippen molar-refractivity contribution in [3.8, 4) is 0 Å². The van der Waals surface area contributed by atoms with E-state index in [1.165, 1.54) is 17.2 Å². The summed E-state index contributed by atoms with van der Waals surface area (Å²) in [6.45, 7) is 5.45. The fourth-order valence-electron chi connectivity index (χ4n) is 5.24. The number of anilines is 1. The van der Waals surface area contributed by atoms with Gasteiger partial charge in [0.15, 0.2) is 0 Å². The number of halogens is 2. The van der Waals surface area contributed by atoms with Gasteiger partial charge in [-0.2, -0.15) is 0 Å². The number of carbonyl (C=O) groups excluding carboxylic acids is 1. The first kappa shape index (κ1) is 21.2. The fourth-order valence-corrected chi connectivity index (χ4v) is 5.43. The van der Waals surface area contributed by atoms with Crippen LogP contribution < -0.4 is 4.90 Å². The number of carbonyl (C=O) groups is 1. The number of fused-ring (bicyclic) bond motifs is 2. The van der Waals surface area contributed by atoms with E-state index >= 15 is 0 Å². The summed E-state index contributed by atoms with van der Waals surface area (Å²) < 4.78 is 14.3. The highest BCUT2D eigenvalue weighted by molar-refractivity contribution is 6.31. The van der Waals surface area contributed by atoms with Crippen molar-refractivity contribution in [3.63, 3.8) is 0 Å². The van der Waals surface area contributed by atoms with Gasteiger partial charge < -0.3 is 4.90 Å². The van der Waals surface area contributed by atoms with Gasteiger partial charge in [-0.05, 0) is 80.4 Å². The molecule has 0 aromatic heterocycles. The van der Waals surface area contributed by atoms with Crippen LogP contribution in [0.25, 0.3) is 0 Å². The van der Waals surface area contributed by atoms with Crippen LogP contribution in [0.3, 0.4) is 0 Å². The highest BCUT2D eigenvalue weighted by Crippen LogP contribution is 2.48. The fraction of sp³-hybridized carbons (Fsp3) is 0.296. The Bertz CT molecular complexity index is 1170. The van der Waals surface area contributed by atoms with E-state index < -0.39 is 0 Å². The van der Waals surface area contributed by atoms with Gasteiger partial charge in [0.1, 0.15) is 5.82 Å². The maximum absolute atomic E-state index is 14.3. The third-order valence-corrected chi connectivity index (χ3v) is 7.14. The van der Waals surface area contributed by atoms with Crippen molar-refractivity contribution in [2.75, 3.05) is 24.5 Å². The molecule has 1 spiro atoms. The first-order valence-electron chi connectivity index (χ1n) is 11.1. The van der Waals surface area contributed by atoms with Crippen LogP contribution in [0.4, 0.5) is 10.1 Å². The van der Waals surface area contributed by atoms with Gasteiger partial charge >= 0.3 is 0 Å². The Kier molecular flexibility index (Phi) is 5.52. The molecular formula is C27H26ClFN2O. The molecule has 5 rings (SSSR count). The SMILES string of the molecule is Cc1cccc(CN2CCC3(CC2)CN(C(=O)c2cccc(Cl)c2)c2ccc(F)cc23)c1. The van der Waals surface area contributed by atoms with E-state index in [1.54, 1.807) is 36.4 Å². The van der Waals surface area contributed by atoms with E-state index in [2.05, 4.69) is 36.1 Å². The second-order valence-electron chi connectivity index (χ2n) is 9.11. The van der Waals surface area contributed by atoms with Gasteiger partial charge in [-0.3, -0.25) is 9.69 Å². The highest BCUT2D eigenvalue weighted by atomic mass is 35.5. The second kappa shape index (κ2) is 8.34. The van der Waals surface area contributed by atoms with E-state index in [-0.39, 0.29) is 17.1 Å². The first-order chi connectivity index (χ1) is 15.4. The molecule has 1 amide bonds. The molecule has 3 aromatic carbocycles. The first-order valence-corrected chi connectivity index (χ1v) is 11.5. The zero-order chi connectivity index (χ0) is 22.3. The minimum atomic E-state index is -0.248. The number of hydrogen-bond donors (Lipinski definition) is 0. The van der Waals surface area contributed by atoms with Crippen molar-refractivity contribution in [1.29, 1.82) is 0 Å². The Morgan fingerprint density at radius 2 is 1.81 bits per heavy atom. The van der Waals surface area contributed by atoms with Crippen molar-refractivity contribution < 1.29 is 9.18 Å². The van der Waals surface area contributed by atoms with Gasteiger partial charge in [0.05, 0.1) is 0 Å². The molecule has 3 aromatic rings. The van der Waals surface area contributed by atoms with Gasteiger partial charge in [-0.25, -0.2) is 4.39 Å². The van der Waals surface area contributed by atoms with Crippen LogP contribution in [0.1, 0.15) is 39.9 Å². The number of nitrogens with zero attached hydrogens (tertiary/aromatic N) is 2. The molecule has 0 atom stereocenters. The number of piperidine rings is 1. The molecule has 32 heavy (non-hydrogen) atoms. The van der Waals surface area contributed by atoms with Crippen LogP contribution in [0, 0.1) is 12.7 Å². The van der Waals surface area contributed by atoms with Gasteiger partial charge in [0.2, 0.25) is 0 Å². The lowest BCUT2D eigenvalue weighted by Gasteiger charge is -2.40. The molecule has 5 heteroatoms. The third kappa shape index (κ3) is 3.94. The molecule has 1 saturated heterocycles. The molecule has 0 saturated carbocycles. The lowest BCUT2D eigenvalue weighted by molar-refractivity contribution is 0.0975. The van der Waals surface area contributed by atoms with Gasteiger partial charge in [0, 0.05) is 34.8 Å². The van der Waals surface area contributed by atoms with Gasteiger partial charge in [-0.1, -0.05) is 47.5 Å². The molecule has 0 aliphatic carbocycles. The summed E-state index contributed by atoms with van der Waals surface area (Å²) in [5.41, 5.74) is 4.71. The smallest absolute Gasteiger partial charge is 0.258 e. The van der Waals surface area contributed by atoms with Crippen LogP contribution in [-0.2, 0) is 12.0 Å². The number of amides is 1. The van der Waals surface area contributed by atoms with Crippen molar-refractivity contribution in [2.24, 2.45) is 0 Å². The minimum Gasteiger partial charge on any atom is -0.307 e. The maximum Gasteiger partial charge on any atom is 0.258 e. The number of rotatable bonds is 3. The Labute approximate surface area is 193 Å². The number of hydrogen-bond acceptors (Lipinski definition) is 2. The largest absolute Gasteiger partial charge is 0.307 e. The van der Waals surface area contributed by atoms with Crippen LogP contribution in [0.15, 0.2) is 66.7 Å². The minimum absolute atomic E-state index is 0.0839. The van der Waals surface area contributed by atoms with Crippen molar-refractivity contribution in [1.82, 2.24) is 4.90 Å². The molecule has 1 fully saturated rings.